The highest BCUT2D eigenvalue weighted by atomic mass is 16.5. The molecule has 4 nitrogen and oxygen atoms in total. The third kappa shape index (κ3) is 2.33. The van der Waals surface area contributed by atoms with E-state index in [-0.39, 0.29) is 0 Å². The minimum Gasteiger partial charge on any atom is -0.480 e. The minimum atomic E-state index is 0.552. The van der Waals surface area contributed by atoms with Gasteiger partial charge in [-0.3, -0.25) is 0 Å². The van der Waals surface area contributed by atoms with E-state index in [9.17, 15) is 0 Å². The predicted molar refractivity (Wildman–Crippen MR) is 58.6 cm³/mol. The molecule has 0 spiro atoms. The zero-order valence-corrected chi connectivity index (χ0v) is 9.03. The van der Waals surface area contributed by atoms with Crippen molar-refractivity contribution in [3.8, 4) is 5.88 Å². The molecule has 0 fully saturated rings. The van der Waals surface area contributed by atoms with Crippen LogP contribution in [0.1, 0.15) is 12.6 Å². The van der Waals surface area contributed by atoms with Gasteiger partial charge in [-0.25, -0.2) is 0 Å². The van der Waals surface area contributed by atoms with Crippen LogP contribution in [-0.2, 0) is 0 Å². The SMILES string of the molecule is COc1ccc(C2=CC(C)CNC2)nn1. The maximum Gasteiger partial charge on any atom is 0.233 e. The molecule has 1 N–H and O–H groups in total. The predicted octanol–water partition coefficient (Wildman–Crippen LogP) is 1.11. The molecule has 0 saturated heterocycles. The van der Waals surface area contributed by atoms with Gasteiger partial charge in [-0.05, 0) is 17.6 Å². The molecular formula is C11H15N3O. The Balaban J connectivity index is 2.21. The standard InChI is InChI=1S/C11H15N3O/c1-8-5-9(7-12-6-8)10-3-4-11(15-2)14-13-10/h3-5,8,12H,6-7H2,1-2H3. The first-order valence-electron chi connectivity index (χ1n) is 5.09. The molecule has 1 aliphatic rings. The Morgan fingerprint density at radius 1 is 1.40 bits per heavy atom. The first-order chi connectivity index (χ1) is 7.29. The molecule has 4 heteroatoms. The quantitative estimate of drug-likeness (QED) is 0.785. The summed E-state index contributed by atoms with van der Waals surface area (Å²) in [6, 6.07) is 3.78. The fourth-order valence-corrected chi connectivity index (χ4v) is 1.67. The molecule has 1 aromatic rings. The van der Waals surface area contributed by atoms with Crippen molar-refractivity contribution in [2.45, 2.75) is 6.92 Å². The number of rotatable bonds is 2. The van der Waals surface area contributed by atoms with Crippen molar-refractivity contribution < 1.29 is 4.74 Å². The summed E-state index contributed by atoms with van der Waals surface area (Å²) in [5.41, 5.74) is 2.14. The largest absolute Gasteiger partial charge is 0.480 e. The molecule has 0 aliphatic carbocycles. The van der Waals surface area contributed by atoms with Gasteiger partial charge in [0, 0.05) is 19.2 Å². The van der Waals surface area contributed by atoms with Crippen molar-refractivity contribution in [1.82, 2.24) is 15.5 Å². The van der Waals surface area contributed by atoms with Gasteiger partial charge < -0.3 is 10.1 Å². The van der Waals surface area contributed by atoms with E-state index in [0.29, 0.717) is 11.8 Å². The van der Waals surface area contributed by atoms with E-state index >= 15 is 0 Å². The first-order valence-corrected chi connectivity index (χ1v) is 5.09. The van der Waals surface area contributed by atoms with Gasteiger partial charge >= 0.3 is 0 Å². The highest BCUT2D eigenvalue weighted by Gasteiger charge is 2.11. The summed E-state index contributed by atoms with van der Waals surface area (Å²) in [6.45, 7) is 4.08. The lowest BCUT2D eigenvalue weighted by atomic mass is 10.0. The molecule has 2 heterocycles. The first kappa shape index (κ1) is 10.1. The minimum absolute atomic E-state index is 0.552. The van der Waals surface area contributed by atoms with Gasteiger partial charge in [0.2, 0.25) is 5.88 Å². The third-order valence-corrected chi connectivity index (χ3v) is 2.45. The van der Waals surface area contributed by atoms with Crippen LogP contribution in [0.4, 0.5) is 0 Å². The number of hydrogen-bond donors (Lipinski definition) is 1. The van der Waals surface area contributed by atoms with Gasteiger partial charge in [-0.2, -0.15) is 0 Å². The van der Waals surface area contributed by atoms with Gasteiger partial charge in [0.25, 0.3) is 0 Å². The summed E-state index contributed by atoms with van der Waals surface area (Å²) < 4.78 is 4.97. The van der Waals surface area contributed by atoms with Gasteiger partial charge in [-0.1, -0.05) is 13.0 Å². The summed E-state index contributed by atoms with van der Waals surface area (Å²) in [5, 5.41) is 11.4. The van der Waals surface area contributed by atoms with E-state index in [2.05, 4.69) is 28.5 Å². The summed E-state index contributed by atoms with van der Waals surface area (Å²) in [7, 11) is 1.59. The van der Waals surface area contributed by atoms with Crippen LogP contribution in [0.3, 0.4) is 0 Å². The van der Waals surface area contributed by atoms with Gasteiger partial charge in [0.15, 0.2) is 0 Å². The monoisotopic (exact) mass is 205 g/mol. The molecule has 1 unspecified atom stereocenters. The van der Waals surface area contributed by atoms with Crippen molar-refractivity contribution in [1.29, 1.82) is 0 Å². The van der Waals surface area contributed by atoms with E-state index in [4.69, 9.17) is 4.74 Å². The molecule has 0 bridgehead atoms. The second-order valence-electron chi connectivity index (χ2n) is 3.76. The Hall–Kier alpha value is -1.42. The van der Waals surface area contributed by atoms with Gasteiger partial charge in [0.05, 0.1) is 12.8 Å². The van der Waals surface area contributed by atoms with E-state index in [1.807, 2.05) is 12.1 Å². The molecule has 0 aromatic carbocycles. The number of methoxy groups -OCH3 is 1. The molecule has 0 saturated carbocycles. The fraction of sp³-hybridized carbons (Fsp3) is 0.455. The summed E-state index contributed by atoms with van der Waals surface area (Å²) in [6.07, 6.45) is 2.24. The molecule has 80 valence electrons. The van der Waals surface area contributed by atoms with Crippen molar-refractivity contribution in [2.75, 3.05) is 20.2 Å². The zero-order valence-electron chi connectivity index (χ0n) is 9.03. The topological polar surface area (TPSA) is 47.0 Å². The van der Waals surface area contributed by atoms with E-state index < -0.39 is 0 Å². The summed E-state index contributed by atoms with van der Waals surface area (Å²) in [5.74, 6) is 1.11. The average Bonchev–Trinajstić information content (AvgIpc) is 2.29. The Bertz CT molecular complexity index is 359. The highest BCUT2D eigenvalue weighted by molar-refractivity contribution is 5.64. The maximum absolute atomic E-state index is 4.97. The molecule has 1 aliphatic heterocycles. The van der Waals surface area contributed by atoms with E-state index in [0.717, 1.165) is 18.8 Å². The second-order valence-corrected chi connectivity index (χ2v) is 3.76. The lowest BCUT2D eigenvalue weighted by Gasteiger charge is -2.18. The third-order valence-electron chi connectivity index (χ3n) is 2.45. The van der Waals surface area contributed by atoms with Crippen molar-refractivity contribution >= 4 is 5.57 Å². The normalized spacial score (nSPS) is 20.9. The van der Waals surface area contributed by atoms with E-state index in [1.165, 1.54) is 5.57 Å². The smallest absolute Gasteiger partial charge is 0.233 e. The Kier molecular flexibility index (Phi) is 2.97. The van der Waals surface area contributed by atoms with Crippen molar-refractivity contribution in [2.24, 2.45) is 5.92 Å². The van der Waals surface area contributed by atoms with Gasteiger partial charge in [0.1, 0.15) is 0 Å². The maximum atomic E-state index is 4.97. The lowest BCUT2D eigenvalue weighted by Crippen LogP contribution is -2.27. The van der Waals surface area contributed by atoms with E-state index in [1.54, 1.807) is 7.11 Å². The number of hydrogen-bond acceptors (Lipinski definition) is 4. The van der Waals surface area contributed by atoms with Crippen molar-refractivity contribution in [3.63, 3.8) is 0 Å². The molecule has 0 radical (unpaired) electrons. The molecular weight excluding hydrogens is 190 g/mol. The Morgan fingerprint density at radius 2 is 2.27 bits per heavy atom. The second kappa shape index (κ2) is 4.40. The summed E-state index contributed by atoms with van der Waals surface area (Å²) >= 11 is 0. The zero-order chi connectivity index (χ0) is 10.7. The number of ether oxygens (including phenoxy) is 1. The van der Waals surface area contributed by atoms with Gasteiger partial charge in [-0.15, -0.1) is 10.2 Å². The Morgan fingerprint density at radius 3 is 2.87 bits per heavy atom. The molecule has 1 atom stereocenters. The van der Waals surface area contributed by atoms with Crippen molar-refractivity contribution in [3.05, 3.63) is 23.9 Å². The van der Waals surface area contributed by atoms with Crippen LogP contribution in [0.2, 0.25) is 0 Å². The van der Waals surface area contributed by atoms with Crippen LogP contribution < -0.4 is 10.1 Å². The highest BCUT2D eigenvalue weighted by Crippen LogP contribution is 2.17. The molecule has 15 heavy (non-hydrogen) atoms. The lowest BCUT2D eigenvalue weighted by molar-refractivity contribution is 0.391. The van der Waals surface area contributed by atoms with Crippen LogP contribution in [0.5, 0.6) is 5.88 Å². The fourth-order valence-electron chi connectivity index (χ4n) is 1.67. The van der Waals surface area contributed by atoms with Crippen LogP contribution in [-0.4, -0.2) is 30.4 Å². The number of aromatic nitrogens is 2. The average molecular weight is 205 g/mol. The van der Waals surface area contributed by atoms with Crippen LogP contribution in [0, 0.1) is 5.92 Å². The number of nitrogens with one attached hydrogen (secondary N) is 1. The number of nitrogens with zero attached hydrogens (tertiary/aromatic N) is 2. The molecule has 0 amide bonds. The Labute approximate surface area is 89.4 Å². The molecule has 1 aromatic heterocycles. The van der Waals surface area contributed by atoms with Crippen LogP contribution in [0.15, 0.2) is 18.2 Å². The molecule has 2 rings (SSSR count). The summed E-state index contributed by atoms with van der Waals surface area (Å²) in [4.78, 5) is 0. The van der Waals surface area contributed by atoms with Crippen LogP contribution >= 0.6 is 0 Å². The van der Waals surface area contributed by atoms with Crippen LogP contribution in [0.25, 0.3) is 5.57 Å².